The molecule has 0 saturated heterocycles. The van der Waals surface area contributed by atoms with Gasteiger partial charge in [0.05, 0.1) is 4.88 Å². The zero-order chi connectivity index (χ0) is 19.4. The van der Waals surface area contributed by atoms with E-state index in [-0.39, 0.29) is 0 Å². The average molecular weight is 406 g/mol. The Balaban J connectivity index is 1.47. The highest BCUT2D eigenvalue weighted by Gasteiger charge is 2.09. The highest BCUT2D eigenvalue weighted by Crippen LogP contribution is 2.37. The number of thiophene rings is 2. The average Bonchev–Trinajstić information content (AvgIpc) is 3.34. The van der Waals surface area contributed by atoms with Crippen LogP contribution in [0.2, 0.25) is 0 Å². The summed E-state index contributed by atoms with van der Waals surface area (Å²) >= 11 is 3.62. The number of hydrogen-bond acceptors (Lipinski definition) is 3. The summed E-state index contributed by atoms with van der Waals surface area (Å²) in [6.45, 7) is 2.18. The number of aryl methyl sites for hydroxylation is 1. The van der Waals surface area contributed by atoms with Crippen LogP contribution in [0.25, 0.3) is 41.7 Å². The third-order valence-electron chi connectivity index (χ3n) is 5.29. The van der Waals surface area contributed by atoms with Crippen LogP contribution < -0.4 is 0 Å². The van der Waals surface area contributed by atoms with Crippen molar-refractivity contribution in [3.05, 3.63) is 88.4 Å². The van der Waals surface area contributed by atoms with Crippen LogP contribution in [0.1, 0.15) is 15.3 Å². The molecule has 29 heavy (non-hydrogen) atoms. The fraction of sp³-hybridized carbons (Fsp3) is 0.0385. The molecule has 0 aliphatic carbocycles. The van der Waals surface area contributed by atoms with Crippen LogP contribution >= 0.6 is 22.7 Å². The Bertz CT molecular complexity index is 1620. The van der Waals surface area contributed by atoms with Crippen molar-refractivity contribution in [3.8, 4) is 11.8 Å². The van der Waals surface area contributed by atoms with Crippen LogP contribution in [0, 0.1) is 18.8 Å². The maximum atomic E-state index is 4.17. The van der Waals surface area contributed by atoms with Crippen molar-refractivity contribution in [2.75, 3.05) is 0 Å². The molecule has 1 nitrogen and oxygen atoms in total. The van der Waals surface area contributed by atoms with Crippen molar-refractivity contribution in [3.63, 3.8) is 0 Å². The minimum atomic E-state index is 1.03. The monoisotopic (exact) mass is 405 g/mol. The first-order valence-electron chi connectivity index (χ1n) is 9.46. The van der Waals surface area contributed by atoms with E-state index < -0.39 is 0 Å². The van der Waals surface area contributed by atoms with E-state index in [9.17, 15) is 0 Å². The Morgan fingerprint density at radius 2 is 1.48 bits per heavy atom. The van der Waals surface area contributed by atoms with Gasteiger partial charge in [0.15, 0.2) is 0 Å². The molecule has 3 aromatic carbocycles. The summed E-state index contributed by atoms with van der Waals surface area (Å²) in [5.74, 6) is 6.71. The van der Waals surface area contributed by atoms with Crippen LogP contribution in [0.4, 0.5) is 0 Å². The van der Waals surface area contributed by atoms with E-state index in [1.165, 1.54) is 41.2 Å². The predicted octanol–water partition coefficient (Wildman–Crippen LogP) is 7.53. The van der Waals surface area contributed by atoms with Gasteiger partial charge in [-0.15, -0.1) is 22.7 Å². The lowest BCUT2D eigenvalue weighted by atomic mass is 10.0. The highest BCUT2D eigenvalue weighted by molar-refractivity contribution is 7.20. The topological polar surface area (TPSA) is 12.9 Å². The van der Waals surface area contributed by atoms with Gasteiger partial charge in [0.2, 0.25) is 0 Å². The lowest BCUT2D eigenvalue weighted by Gasteiger charge is -2.01. The number of aromatic nitrogens is 1. The van der Waals surface area contributed by atoms with Crippen LogP contribution in [-0.2, 0) is 0 Å². The Morgan fingerprint density at radius 1 is 0.690 bits per heavy atom. The van der Waals surface area contributed by atoms with E-state index in [1.807, 2.05) is 29.8 Å². The summed E-state index contributed by atoms with van der Waals surface area (Å²) in [5.41, 5.74) is 1.03. The number of pyridine rings is 1. The first-order chi connectivity index (χ1) is 14.2. The molecule has 3 aromatic heterocycles. The summed E-state index contributed by atoms with van der Waals surface area (Å²) in [4.78, 5) is 6.63. The smallest absolute Gasteiger partial charge is 0.0785 e. The van der Waals surface area contributed by atoms with E-state index >= 15 is 0 Å². The molecule has 0 aliphatic heterocycles. The molecule has 0 fully saturated rings. The molecule has 6 rings (SSSR count). The van der Waals surface area contributed by atoms with Crippen molar-refractivity contribution in [1.29, 1.82) is 0 Å². The lowest BCUT2D eigenvalue weighted by molar-refractivity contribution is 1.36. The van der Waals surface area contributed by atoms with Gasteiger partial charge in [-0.2, -0.15) is 0 Å². The van der Waals surface area contributed by atoms with Crippen molar-refractivity contribution < 1.29 is 0 Å². The minimum Gasteiger partial charge on any atom is -0.264 e. The molecule has 0 unspecified atom stereocenters. The molecular weight excluding hydrogens is 390 g/mol. The number of benzene rings is 3. The molecular formula is C26H15NS2. The Hall–Kier alpha value is -3.19. The van der Waals surface area contributed by atoms with Crippen LogP contribution in [0.15, 0.2) is 73.1 Å². The molecule has 0 aliphatic rings. The molecule has 3 heteroatoms. The SMILES string of the molecule is Cc1cc2c(ccc3c4cc(C#Cc5ccc6cnccc6c5)sc4ccc23)s1. The van der Waals surface area contributed by atoms with E-state index in [1.54, 1.807) is 11.3 Å². The van der Waals surface area contributed by atoms with Gasteiger partial charge < -0.3 is 0 Å². The molecule has 0 N–H and O–H groups in total. The zero-order valence-electron chi connectivity index (χ0n) is 15.7. The highest BCUT2D eigenvalue weighted by atomic mass is 32.1. The molecule has 136 valence electrons. The predicted molar refractivity (Wildman–Crippen MR) is 127 cm³/mol. The Morgan fingerprint density at radius 3 is 2.34 bits per heavy atom. The molecule has 0 amide bonds. The van der Waals surface area contributed by atoms with Gasteiger partial charge in [-0.3, -0.25) is 4.98 Å². The van der Waals surface area contributed by atoms with Crippen molar-refractivity contribution in [1.82, 2.24) is 4.98 Å². The summed E-state index contributed by atoms with van der Waals surface area (Å²) in [6.07, 6.45) is 3.71. The van der Waals surface area contributed by atoms with Crippen LogP contribution in [0.5, 0.6) is 0 Å². The summed E-state index contributed by atoms with van der Waals surface area (Å²) in [7, 11) is 0. The van der Waals surface area contributed by atoms with E-state index in [4.69, 9.17) is 0 Å². The normalized spacial score (nSPS) is 11.3. The lowest BCUT2D eigenvalue weighted by Crippen LogP contribution is -1.78. The fourth-order valence-electron chi connectivity index (χ4n) is 3.93. The third kappa shape index (κ3) is 2.81. The van der Waals surface area contributed by atoms with Gasteiger partial charge in [0, 0.05) is 48.4 Å². The summed E-state index contributed by atoms with van der Waals surface area (Å²) in [5, 5.41) is 7.62. The zero-order valence-corrected chi connectivity index (χ0v) is 17.3. The van der Waals surface area contributed by atoms with Crippen LogP contribution in [-0.4, -0.2) is 4.98 Å². The largest absolute Gasteiger partial charge is 0.264 e. The second-order valence-electron chi connectivity index (χ2n) is 7.21. The first-order valence-corrected chi connectivity index (χ1v) is 11.1. The molecule has 0 spiro atoms. The molecule has 0 saturated carbocycles. The van der Waals surface area contributed by atoms with Crippen molar-refractivity contribution in [2.45, 2.75) is 6.92 Å². The van der Waals surface area contributed by atoms with Gasteiger partial charge in [-0.1, -0.05) is 30.0 Å². The first kappa shape index (κ1) is 16.7. The standard InChI is InChI=1S/C26H15NS2/c1-16-12-23-21-7-9-26-24(22(21)6-8-25(23)28-16)14-20(29-26)5-3-17-2-4-19-15-27-11-10-18(19)13-17/h2,4,6-15H,1H3. The van der Waals surface area contributed by atoms with E-state index in [0.717, 1.165) is 15.8 Å². The maximum absolute atomic E-state index is 4.17. The maximum Gasteiger partial charge on any atom is 0.0785 e. The molecule has 3 heterocycles. The summed E-state index contributed by atoms with van der Waals surface area (Å²) < 4.78 is 2.65. The number of fused-ring (bicyclic) bond motifs is 6. The second kappa shape index (κ2) is 6.42. The number of nitrogens with zero attached hydrogens (tertiary/aromatic N) is 1. The second-order valence-corrected chi connectivity index (χ2v) is 9.58. The number of hydrogen-bond donors (Lipinski definition) is 0. The molecule has 0 bridgehead atoms. The summed E-state index contributed by atoms with van der Waals surface area (Å²) in [6, 6.07) is 21.9. The Labute approximate surface area is 176 Å². The fourth-order valence-corrected chi connectivity index (χ4v) is 5.80. The van der Waals surface area contributed by atoms with E-state index in [0.29, 0.717) is 0 Å². The quantitative estimate of drug-likeness (QED) is 0.238. The van der Waals surface area contributed by atoms with Crippen LogP contribution in [0.3, 0.4) is 0 Å². The molecule has 6 aromatic rings. The van der Waals surface area contributed by atoms with E-state index in [2.05, 4.69) is 78.3 Å². The third-order valence-corrected chi connectivity index (χ3v) is 7.32. The van der Waals surface area contributed by atoms with Gasteiger partial charge in [0.25, 0.3) is 0 Å². The van der Waals surface area contributed by atoms with Gasteiger partial charge >= 0.3 is 0 Å². The Kier molecular flexibility index (Phi) is 3.70. The minimum absolute atomic E-state index is 1.03. The molecule has 0 radical (unpaired) electrons. The van der Waals surface area contributed by atoms with Crippen molar-refractivity contribution >= 4 is 64.4 Å². The molecule has 0 atom stereocenters. The van der Waals surface area contributed by atoms with Gasteiger partial charge in [-0.25, -0.2) is 0 Å². The van der Waals surface area contributed by atoms with Gasteiger partial charge in [0.1, 0.15) is 0 Å². The van der Waals surface area contributed by atoms with Crippen molar-refractivity contribution in [2.24, 2.45) is 0 Å². The number of rotatable bonds is 0. The van der Waals surface area contributed by atoms with Gasteiger partial charge in [-0.05, 0) is 65.5 Å².